The summed E-state index contributed by atoms with van der Waals surface area (Å²) in [7, 11) is -3.28. The molecule has 174 valence electrons. The van der Waals surface area contributed by atoms with Gasteiger partial charge in [-0.25, -0.2) is 8.42 Å². The van der Waals surface area contributed by atoms with Crippen LogP contribution < -0.4 is 10.6 Å². The first-order valence-corrected chi connectivity index (χ1v) is 12.6. The van der Waals surface area contributed by atoms with Crippen molar-refractivity contribution in [1.82, 2.24) is 15.5 Å². The number of rotatable bonds is 8. The van der Waals surface area contributed by atoms with E-state index in [1.54, 1.807) is 19.1 Å². The van der Waals surface area contributed by atoms with Crippen LogP contribution in [-0.2, 0) is 31.4 Å². The lowest BCUT2D eigenvalue weighted by Crippen LogP contribution is -2.45. The average molecular weight is 463 g/mol. The average Bonchev–Trinajstić information content (AvgIpc) is 3.12. The lowest BCUT2D eigenvalue weighted by atomic mass is 9.89. The van der Waals surface area contributed by atoms with Crippen LogP contribution in [0, 0.1) is 0 Å². The van der Waals surface area contributed by atoms with Crippen LogP contribution in [0.5, 0.6) is 0 Å². The quantitative estimate of drug-likeness (QED) is 0.576. The number of nitrogens with one attached hydrogen (secondary N) is 2. The lowest BCUT2D eigenvalue weighted by molar-refractivity contribution is -0.121. The van der Waals surface area contributed by atoms with Crippen LogP contribution in [0.2, 0.25) is 0 Å². The van der Waals surface area contributed by atoms with Gasteiger partial charge in [-0.1, -0.05) is 37.8 Å². The van der Waals surface area contributed by atoms with Gasteiger partial charge < -0.3 is 15.2 Å². The SMILES string of the molecule is CCS(=O)(=O)c1ccc(NC(=O)CCc2nc(C3(NC(C)=O)CCCCCC3)no2)cc1. The predicted molar refractivity (Wildman–Crippen MR) is 119 cm³/mol. The van der Waals surface area contributed by atoms with Gasteiger partial charge in [0, 0.05) is 25.5 Å². The zero-order chi connectivity index (χ0) is 23.2. The van der Waals surface area contributed by atoms with Crippen LogP contribution >= 0.6 is 0 Å². The summed E-state index contributed by atoms with van der Waals surface area (Å²) in [6, 6.07) is 6.09. The number of anilines is 1. The van der Waals surface area contributed by atoms with Crippen molar-refractivity contribution in [3.63, 3.8) is 0 Å². The van der Waals surface area contributed by atoms with Gasteiger partial charge in [0.05, 0.1) is 10.6 Å². The second-order valence-corrected chi connectivity index (χ2v) is 10.4. The second-order valence-electron chi connectivity index (χ2n) is 8.17. The van der Waals surface area contributed by atoms with Gasteiger partial charge in [0.2, 0.25) is 17.7 Å². The van der Waals surface area contributed by atoms with Gasteiger partial charge in [-0.2, -0.15) is 4.98 Å². The molecular weight excluding hydrogens is 432 g/mol. The van der Waals surface area contributed by atoms with Crippen molar-refractivity contribution in [2.24, 2.45) is 0 Å². The van der Waals surface area contributed by atoms with Crippen molar-refractivity contribution in [1.29, 1.82) is 0 Å². The van der Waals surface area contributed by atoms with E-state index in [0.29, 0.717) is 17.4 Å². The summed E-state index contributed by atoms with van der Waals surface area (Å²) in [6.07, 6.45) is 6.08. The van der Waals surface area contributed by atoms with Gasteiger partial charge >= 0.3 is 0 Å². The molecule has 1 fully saturated rings. The number of aryl methyl sites for hydroxylation is 1. The minimum absolute atomic E-state index is 0.0219. The third kappa shape index (κ3) is 5.93. The number of hydrogen-bond acceptors (Lipinski definition) is 7. The molecule has 32 heavy (non-hydrogen) atoms. The molecule has 0 bridgehead atoms. The van der Waals surface area contributed by atoms with Gasteiger partial charge in [0.25, 0.3) is 0 Å². The maximum Gasteiger partial charge on any atom is 0.227 e. The second kappa shape index (κ2) is 10.2. The molecule has 0 saturated heterocycles. The molecule has 1 saturated carbocycles. The Labute approximate surface area is 188 Å². The summed E-state index contributed by atoms with van der Waals surface area (Å²) in [4.78, 5) is 28.8. The van der Waals surface area contributed by atoms with Gasteiger partial charge in [-0.05, 0) is 37.1 Å². The van der Waals surface area contributed by atoms with Crippen molar-refractivity contribution in [3.8, 4) is 0 Å². The minimum Gasteiger partial charge on any atom is -0.343 e. The van der Waals surface area contributed by atoms with Crippen LogP contribution in [0.4, 0.5) is 5.69 Å². The summed E-state index contributed by atoms with van der Waals surface area (Å²) >= 11 is 0. The van der Waals surface area contributed by atoms with E-state index in [9.17, 15) is 18.0 Å². The largest absolute Gasteiger partial charge is 0.343 e. The molecule has 0 radical (unpaired) electrons. The van der Waals surface area contributed by atoms with Crippen molar-refractivity contribution >= 4 is 27.3 Å². The number of nitrogens with zero attached hydrogens (tertiary/aromatic N) is 2. The Morgan fingerprint density at radius 2 is 1.75 bits per heavy atom. The van der Waals surface area contributed by atoms with E-state index in [0.717, 1.165) is 38.5 Å². The van der Waals surface area contributed by atoms with Crippen LogP contribution in [0.1, 0.15) is 70.5 Å². The molecule has 3 rings (SSSR count). The lowest BCUT2D eigenvalue weighted by Gasteiger charge is -2.30. The Balaban J connectivity index is 1.60. The first-order chi connectivity index (χ1) is 15.2. The van der Waals surface area contributed by atoms with E-state index in [-0.39, 0.29) is 35.3 Å². The maximum absolute atomic E-state index is 12.3. The van der Waals surface area contributed by atoms with E-state index < -0.39 is 15.4 Å². The summed E-state index contributed by atoms with van der Waals surface area (Å²) in [5.74, 6) is 0.456. The highest BCUT2D eigenvalue weighted by Gasteiger charge is 2.38. The summed E-state index contributed by atoms with van der Waals surface area (Å²) < 4.78 is 29.1. The van der Waals surface area contributed by atoms with Crippen molar-refractivity contribution in [2.45, 2.75) is 75.6 Å². The Bertz CT molecular complexity index is 1040. The summed E-state index contributed by atoms with van der Waals surface area (Å²) in [5, 5.41) is 9.90. The maximum atomic E-state index is 12.3. The van der Waals surface area contributed by atoms with Crippen molar-refractivity contribution in [3.05, 3.63) is 36.0 Å². The number of hydrogen-bond donors (Lipinski definition) is 2. The molecule has 0 unspecified atom stereocenters. The van der Waals surface area contributed by atoms with Gasteiger partial charge in [-0.3, -0.25) is 9.59 Å². The highest BCUT2D eigenvalue weighted by molar-refractivity contribution is 7.91. The van der Waals surface area contributed by atoms with E-state index in [1.165, 1.54) is 19.1 Å². The Morgan fingerprint density at radius 3 is 2.34 bits per heavy atom. The Morgan fingerprint density at radius 1 is 1.09 bits per heavy atom. The number of amides is 2. The molecular formula is C22H30N4O5S. The molecule has 9 nitrogen and oxygen atoms in total. The third-order valence-corrected chi connectivity index (χ3v) is 7.46. The molecule has 0 atom stereocenters. The molecule has 2 amide bonds. The highest BCUT2D eigenvalue weighted by Crippen LogP contribution is 2.34. The Hall–Kier alpha value is -2.75. The monoisotopic (exact) mass is 462 g/mol. The van der Waals surface area contributed by atoms with Crippen molar-refractivity contribution < 1.29 is 22.5 Å². The molecule has 0 aliphatic heterocycles. The van der Waals surface area contributed by atoms with Crippen LogP contribution in [-0.4, -0.2) is 36.1 Å². The molecule has 0 spiro atoms. The molecule has 10 heteroatoms. The summed E-state index contributed by atoms with van der Waals surface area (Å²) in [6.45, 7) is 3.07. The third-order valence-electron chi connectivity index (χ3n) is 5.71. The predicted octanol–water partition coefficient (Wildman–Crippen LogP) is 3.12. The van der Waals surface area contributed by atoms with E-state index in [2.05, 4.69) is 20.8 Å². The first-order valence-electron chi connectivity index (χ1n) is 11.0. The van der Waals surface area contributed by atoms with Crippen LogP contribution in [0.15, 0.2) is 33.7 Å². The van der Waals surface area contributed by atoms with E-state index >= 15 is 0 Å². The fourth-order valence-corrected chi connectivity index (χ4v) is 4.86. The topological polar surface area (TPSA) is 131 Å². The number of carbonyl (C=O) groups excluding carboxylic acids is 2. The van der Waals surface area contributed by atoms with Crippen LogP contribution in [0.25, 0.3) is 0 Å². The number of aromatic nitrogens is 2. The summed E-state index contributed by atoms with van der Waals surface area (Å²) in [5.41, 5.74) is -0.105. The molecule has 2 aromatic rings. The first kappa shape index (κ1) is 23.9. The van der Waals surface area contributed by atoms with Crippen molar-refractivity contribution in [2.75, 3.05) is 11.1 Å². The van der Waals surface area contributed by atoms with Crippen LogP contribution in [0.3, 0.4) is 0 Å². The minimum atomic E-state index is -3.28. The molecule has 1 aromatic heterocycles. The number of benzene rings is 1. The van der Waals surface area contributed by atoms with Gasteiger partial charge in [0.15, 0.2) is 15.7 Å². The molecule has 1 aliphatic carbocycles. The normalized spacial score (nSPS) is 16.2. The fraction of sp³-hybridized carbons (Fsp3) is 0.545. The van der Waals surface area contributed by atoms with Gasteiger partial charge in [-0.15, -0.1) is 0 Å². The zero-order valence-electron chi connectivity index (χ0n) is 18.5. The Kier molecular flexibility index (Phi) is 7.65. The smallest absolute Gasteiger partial charge is 0.227 e. The van der Waals surface area contributed by atoms with E-state index in [4.69, 9.17) is 4.52 Å². The molecule has 2 N–H and O–H groups in total. The molecule has 1 aliphatic rings. The van der Waals surface area contributed by atoms with Gasteiger partial charge in [0.1, 0.15) is 5.54 Å². The zero-order valence-corrected chi connectivity index (χ0v) is 19.3. The number of sulfone groups is 1. The highest BCUT2D eigenvalue weighted by atomic mass is 32.2. The molecule has 1 heterocycles. The number of carbonyl (C=O) groups is 2. The van der Waals surface area contributed by atoms with E-state index in [1.807, 2.05) is 0 Å². The standard InChI is InChI=1S/C22H30N4O5S/c1-3-32(29,30)18-10-8-17(9-11-18)23-19(28)12-13-20-24-21(26-31-20)22(25-16(2)27)14-6-4-5-7-15-22/h8-11H,3-7,12-15H2,1-2H3,(H,23,28)(H,25,27). The molecule has 1 aromatic carbocycles. The fourth-order valence-electron chi connectivity index (χ4n) is 3.98.